The van der Waals surface area contributed by atoms with Crippen molar-refractivity contribution >= 4 is 38.5 Å². The summed E-state index contributed by atoms with van der Waals surface area (Å²) in [6.45, 7) is 5.28. The molecule has 5 nitrogen and oxygen atoms in total. The van der Waals surface area contributed by atoms with E-state index in [1.807, 2.05) is 73.7 Å². The minimum atomic E-state index is -0.752. The summed E-state index contributed by atoms with van der Waals surface area (Å²) < 4.78 is 3.29. The maximum absolute atomic E-state index is 13.7. The molecule has 1 atom stereocenters. The summed E-state index contributed by atoms with van der Waals surface area (Å²) in [5, 5.41) is 4.14. The van der Waals surface area contributed by atoms with Crippen molar-refractivity contribution in [3.8, 4) is 0 Å². The molecule has 0 saturated heterocycles. The smallest absolute Gasteiger partial charge is 0.231 e. The molecule has 5 aromatic rings. The Kier molecular flexibility index (Phi) is 5.68. The second-order valence-corrected chi connectivity index (χ2v) is 9.51. The van der Waals surface area contributed by atoms with Gasteiger partial charge in [0.25, 0.3) is 0 Å². The highest BCUT2D eigenvalue weighted by molar-refractivity contribution is 7.18. The number of nitrogens with zero attached hydrogens (tertiary/aromatic N) is 3. The summed E-state index contributed by atoms with van der Waals surface area (Å²) in [5.41, 5.74) is 3.24. The molecule has 0 aliphatic carbocycles. The molecule has 3 aromatic carbocycles. The van der Waals surface area contributed by atoms with Gasteiger partial charge in [-0.05, 0) is 43.7 Å². The van der Waals surface area contributed by atoms with E-state index in [1.165, 1.54) is 0 Å². The van der Waals surface area contributed by atoms with Crippen molar-refractivity contribution in [3.63, 3.8) is 0 Å². The molecule has 0 fully saturated rings. The van der Waals surface area contributed by atoms with Crippen LogP contribution in [-0.4, -0.2) is 20.4 Å². The zero-order valence-electron chi connectivity index (χ0n) is 18.8. The van der Waals surface area contributed by atoms with Gasteiger partial charge in [-0.1, -0.05) is 54.6 Å². The fourth-order valence-electron chi connectivity index (χ4n) is 4.39. The highest BCUT2D eigenvalue weighted by atomic mass is 32.1. The molecule has 6 heteroatoms. The highest BCUT2D eigenvalue weighted by Crippen LogP contribution is 2.32. The van der Waals surface area contributed by atoms with Gasteiger partial charge in [-0.3, -0.25) is 4.79 Å². The van der Waals surface area contributed by atoms with Crippen LogP contribution in [0.25, 0.3) is 21.3 Å². The number of nitrogens with one attached hydrogen (secondary N) is 1. The van der Waals surface area contributed by atoms with Crippen LogP contribution in [0.2, 0.25) is 0 Å². The van der Waals surface area contributed by atoms with Gasteiger partial charge in [0, 0.05) is 13.0 Å². The van der Waals surface area contributed by atoms with E-state index in [0.29, 0.717) is 13.0 Å². The minimum Gasteiger partial charge on any atom is -0.348 e. The Morgan fingerprint density at radius 3 is 2.39 bits per heavy atom. The summed E-state index contributed by atoms with van der Waals surface area (Å²) >= 11 is 1.65. The Bertz CT molecular complexity index is 1390. The first-order valence-electron chi connectivity index (χ1n) is 11.2. The third kappa shape index (κ3) is 4.02. The van der Waals surface area contributed by atoms with Gasteiger partial charge in [0.15, 0.2) is 0 Å². The first kappa shape index (κ1) is 21.3. The molecule has 0 saturated carbocycles. The second kappa shape index (κ2) is 8.79. The number of para-hydroxylation sites is 3. The van der Waals surface area contributed by atoms with Crippen molar-refractivity contribution in [2.45, 2.75) is 38.8 Å². The maximum Gasteiger partial charge on any atom is 0.231 e. The van der Waals surface area contributed by atoms with Crippen LogP contribution in [0.1, 0.15) is 30.2 Å². The van der Waals surface area contributed by atoms with Crippen molar-refractivity contribution < 1.29 is 4.79 Å². The third-order valence-electron chi connectivity index (χ3n) is 6.21. The largest absolute Gasteiger partial charge is 0.348 e. The van der Waals surface area contributed by atoms with Gasteiger partial charge in [-0.15, -0.1) is 11.3 Å². The van der Waals surface area contributed by atoms with E-state index in [9.17, 15) is 4.79 Å². The summed E-state index contributed by atoms with van der Waals surface area (Å²) in [4.78, 5) is 23.3. The number of hydrogen-bond acceptors (Lipinski definition) is 4. The summed E-state index contributed by atoms with van der Waals surface area (Å²) in [5.74, 6) is 0.838. The average molecular weight is 455 g/mol. The lowest BCUT2D eigenvalue weighted by atomic mass is 9.78. The molecule has 33 heavy (non-hydrogen) atoms. The standard InChI is InChI=1S/C27H26N4OS/c1-3-31-22-15-9-7-13-20(22)29-24(31)18-28-26(32)27(2,19-11-5-4-6-12-19)17-25-30-21-14-8-10-16-23(21)33-25/h4-16H,3,17-18H2,1-2H3,(H,28,32)/t27-/m1/s1. The Morgan fingerprint density at radius 1 is 0.939 bits per heavy atom. The van der Waals surface area contributed by atoms with Gasteiger partial charge in [0.1, 0.15) is 5.82 Å². The number of amides is 1. The molecule has 0 aliphatic heterocycles. The van der Waals surface area contributed by atoms with Gasteiger partial charge in [0.2, 0.25) is 5.91 Å². The lowest BCUT2D eigenvalue weighted by molar-refractivity contribution is -0.126. The van der Waals surface area contributed by atoms with E-state index < -0.39 is 5.41 Å². The number of aryl methyl sites for hydroxylation is 1. The van der Waals surface area contributed by atoms with Gasteiger partial charge in [-0.2, -0.15) is 0 Å². The molecule has 5 rings (SSSR count). The summed E-state index contributed by atoms with van der Waals surface area (Å²) in [7, 11) is 0. The van der Waals surface area contributed by atoms with Crippen molar-refractivity contribution in [2.75, 3.05) is 0 Å². The van der Waals surface area contributed by atoms with Crippen molar-refractivity contribution in [3.05, 3.63) is 95.3 Å². The zero-order chi connectivity index (χ0) is 22.8. The summed E-state index contributed by atoms with van der Waals surface area (Å²) in [6, 6.07) is 26.2. The molecule has 2 aromatic heterocycles. The van der Waals surface area contributed by atoms with E-state index in [4.69, 9.17) is 9.97 Å². The molecule has 2 heterocycles. The molecular weight excluding hydrogens is 428 g/mol. The second-order valence-electron chi connectivity index (χ2n) is 8.39. The summed E-state index contributed by atoms with van der Waals surface area (Å²) in [6.07, 6.45) is 0.534. The lowest BCUT2D eigenvalue weighted by Crippen LogP contribution is -2.44. The van der Waals surface area contributed by atoms with E-state index in [-0.39, 0.29) is 5.91 Å². The van der Waals surface area contributed by atoms with E-state index >= 15 is 0 Å². The van der Waals surface area contributed by atoms with Gasteiger partial charge in [-0.25, -0.2) is 9.97 Å². The molecule has 0 bridgehead atoms. The van der Waals surface area contributed by atoms with Gasteiger partial charge < -0.3 is 9.88 Å². The molecule has 0 radical (unpaired) electrons. The van der Waals surface area contributed by atoms with Gasteiger partial charge in [0.05, 0.1) is 38.2 Å². The topological polar surface area (TPSA) is 59.8 Å². The fourth-order valence-corrected chi connectivity index (χ4v) is 5.51. The maximum atomic E-state index is 13.7. The number of imidazole rings is 1. The molecule has 1 N–H and O–H groups in total. The van der Waals surface area contributed by atoms with E-state index in [1.54, 1.807) is 11.3 Å². The van der Waals surface area contributed by atoms with Crippen molar-refractivity contribution in [1.82, 2.24) is 19.9 Å². The number of aromatic nitrogens is 3. The van der Waals surface area contributed by atoms with Crippen LogP contribution in [0, 0.1) is 0 Å². The molecule has 166 valence electrons. The number of thiazole rings is 1. The van der Waals surface area contributed by atoms with Crippen LogP contribution in [0.15, 0.2) is 78.9 Å². The van der Waals surface area contributed by atoms with Crippen LogP contribution >= 0.6 is 11.3 Å². The van der Waals surface area contributed by atoms with Crippen LogP contribution < -0.4 is 5.32 Å². The molecule has 1 amide bonds. The third-order valence-corrected chi connectivity index (χ3v) is 7.25. The predicted octanol–water partition coefficient (Wildman–Crippen LogP) is 5.48. The zero-order valence-corrected chi connectivity index (χ0v) is 19.6. The average Bonchev–Trinajstić information content (AvgIpc) is 3.42. The molecule has 0 aliphatic rings. The number of carbonyl (C=O) groups is 1. The monoisotopic (exact) mass is 454 g/mol. The van der Waals surface area contributed by atoms with E-state index in [2.05, 4.69) is 28.9 Å². The Labute approximate surface area is 197 Å². The van der Waals surface area contributed by atoms with Crippen LogP contribution in [-0.2, 0) is 29.7 Å². The van der Waals surface area contributed by atoms with Crippen LogP contribution in [0.5, 0.6) is 0 Å². The predicted molar refractivity (Wildman–Crippen MR) is 134 cm³/mol. The Morgan fingerprint density at radius 2 is 1.64 bits per heavy atom. The first-order valence-corrected chi connectivity index (χ1v) is 12.0. The van der Waals surface area contributed by atoms with Crippen LogP contribution in [0.4, 0.5) is 0 Å². The van der Waals surface area contributed by atoms with Crippen LogP contribution in [0.3, 0.4) is 0 Å². The number of carbonyl (C=O) groups excluding carboxylic acids is 1. The molecule has 0 spiro atoms. The van der Waals surface area contributed by atoms with Gasteiger partial charge >= 0.3 is 0 Å². The van der Waals surface area contributed by atoms with Crippen molar-refractivity contribution in [1.29, 1.82) is 0 Å². The number of benzene rings is 3. The lowest BCUT2D eigenvalue weighted by Gasteiger charge is -2.28. The fraction of sp³-hybridized carbons (Fsp3) is 0.222. The van der Waals surface area contributed by atoms with Crippen molar-refractivity contribution in [2.24, 2.45) is 0 Å². The SMILES string of the molecule is CCn1c(CNC(=O)[C@](C)(Cc2nc3ccccc3s2)c2ccccc2)nc2ccccc21. The normalized spacial score (nSPS) is 13.3. The quantitative estimate of drug-likeness (QED) is 0.354. The number of hydrogen-bond donors (Lipinski definition) is 1. The molecule has 0 unspecified atom stereocenters. The minimum absolute atomic E-state index is 0.0253. The Balaban J connectivity index is 1.45. The highest BCUT2D eigenvalue weighted by Gasteiger charge is 2.36. The number of rotatable bonds is 7. The Hall–Kier alpha value is -3.51. The first-order chi connectivity index (χ1) is 16.1. The van der Waals surface area contributed by atoms with E-state index in [0.717, 1.165) is 44.2 Å². The molecular formula is C27H26N4OS. The number of fused-ring (bicyclic) bond motifs is 2.